The molecular weight excluding hydrogens is 256 g/mol. The first kappa shape index (κ1) is 13.6. The van der Waals surface area contributed by atoms with Crippen LogP contribution in [0.1, 0.15) is 10.4 Å². The average Bonchev–Trinajstić information content (AvgIpc) is 2.98. The fourth-order valence-corrected chi connectivity index (χ4v) is 1.76. The Morgan fingerprint density at radius 1 is 1.40 bits per heavy atom. The van der Waals surface area contributed by atoms with Crippen LogP contribution in [0.5, 0.6) is 0 Å². The molecule has 0 saturated carbocycles. The Morgan fingerprint density at radius 3 is 2.70 bits per heavy atom. The van der Waals surface area contributed by atoms with Crippen LogP contribution in [-0.4, -0.2) is 41.4 Å². The maximum Gasteiger partial charge on any atom is 0.341 e. The third kappa shape index (κ3) is 2.78. The molecule has 20 heavy (non-hydrogen) atoms. The van der Waals surface area contributed by atoms with E-state index < -0.39 is 5.97 Å². The largest absolute Gasteiger partial charge is 0.449 e. The van der Waals surface area contributed by atoms with E-state index >= 15 is 0 Å². The van der Waals surface area contributed by atoms with Crippen LogP contribution in [0.15, 0.2) is 30.9 Å². The molecule has 2 rings (SSSR count). The van der Waals surface area contributed by atoms with Crippen molar-refractivity contribution in [2.45, 2.75) is 0 Å². The molecule has 0 spiro atoms. The summed E-state index contributed by atoms with van der Waals surface area (Å²) in [6.07, 6.45) is 8.22. The predicted octanol–water partition coefficient (Wildman–Crippen LogP) is 1.12. The van der Waals surface area contributed by atoms with Gasteiger partial charge in [0.25, 0.3) is 0 Å². The topological polar surface area (TPSA) is 60.3 Å². The number of nitrogens with zero attached hydrogens (tertiary/aromatic N) is 4. The molecule has 0 aliphatic heterocycles. The standard InChI is InChI=1S/C14H14N4O2/c1-4-7-20-14(19)12-8-11(18-9-15-16-10-18)5-6-13(12)17(2)3/h1,5-6,8-10H,7H2,2-3H3. The van der Waals surface area contributed by atoms with Gasteiger partial charge in [-0.25, -0.2) is 4.79 Å². The smallest absolute Gasteiger partial charge is 0.341 e. The molecule has 0 atom stereocenters. The lowest BCUT2D eigenvalue weighted by molar-refractivity contribution is 0.0557. The molecule has 0 N–H and O–H groups in total. The number of rotatable bonds is 4. The molecule has 0 aliphatic carbocycles. The zero-order chi connectivity index (χ0) is 14.5. The van der Waals surface area contributed by atoms with Gasteiger partial charge in [-0.05, 0) is 18.2 Å². The normalized spacial score (nSPS) is 9.85. The number of ether oxygens (including phenoxy) is 1. The molecule has 0 saturated heterocycles. The molecule has 1 aromatic heterocycles. The number of hydrogen-bond acceptors (Lipinski definition) is 5. The highest BCUT2D eigenvalue weighted by Crippen LogP contribution is 2.23. The number of terminal acetylenes is 1. The van der Waals surface area contributed by atoms with E-state index in [0.29, 0.717) is 5.56 Å². The molecule has 0 aliphatic rings. The average molecular weight is 270 g/mol. The van der Waals surface area contributed by atoms with Crippen LogP contribution in [0.25, 0.3) is 5.69 Å². The minimum Gasteiger partial charge on any atom is -0.449 e. The molecule has 102 valence electrons. The summed E-state index contributed by atoms with van der Waals surface area (Å²) < 4.78 is 6.70. The number of carbonyl (C=O) groups excluding carboxylic acids is 1. The van der Waals surface area contributed by atoms with Gasteiger partial charge in [-0.1, -0.05) is 5.92 Å². The maximum atomic E-state index is 12.1. The summed E-state index contributed by atoms with van der Waals surface area (Å²) in [5.74, 6) is 1.82. The lowest BCUT2D eigenvalue weighted by Crippen LogP contribution is -2.16. The first-order valence-corrected chi connectivity index (χ1v) is 5.90. The number of benzene rings is 1. The number of anilines is 1. The van der Waals surface area contributed by atoms with Crippen molar-refractivity contribution in [2.75, 3.05) is 25.6 Å². The van der Waals surface area contributed by atoms with Gasteiger partial charge in [0.05, 0.1) is 11.3 Å². The molecule has 0 unspecified atom stereocenters. The third-order valence-corrected chi connectivity index (χ3v) is 2.69. The van der Waals surface area contributed by atoms with Gasteiger partial charge in [0.1, 0.15) is 12.7 Å². The van der Waals surface area contributed by atoms with E-state index in [9.17, 15) is 4.79 Å². The summed E-state index contributed by atoms with van der Waals surface area (Å²) in [7, 11) is 3.71. The van der Waals surface area contributed by atoms with Crippen molar-refractivity contribution in [1.82, 2.24) is 14.8 Å². The molecule has 0 radical (unpaired) electrons. The lowest BCUT2D eigenvalue weighted by atomic mass is 10.1. The van der Waals surface area contributed by atoms with Crippen molar-refractivity contribution < 1.29 is 9.53 Å². The SMILES string of the molecule is C#CCOC(=O)c1cc(-n2cnnc2)ccc1N(C)C. The first-order valence-electron chi connectivity index (χ1n) is 5.90. The van der Waals surface area contributed by atoms with Crippen molar-refractivity contribution in [1.29, 1.82) is 0 Å². The molecule has 1 aromatic carbocycles. The zero-order valence-electron chi connectivity index (χ0n) is 11.3. The zero-order valence-corrected chi connectivity index (χ0v) is 11.3. The number of aromatic nitrogens is 3. The quantitative estimate of drug-likeness (QED) is 0.615. The van der Waals surface area contributed by atoms with Crippen molar-refractivity contribution in [3.05, 3.63) is 36.4 Å². The molecule has 6 heteroatoms. The van der Waals surface area contributed by atoms with Gasteiger partial charge in [0, 0.05) is 19.8 Å². The number of esters is 1. The van der Waals surface area contributed by atoms with Crippen molar-refractivity contribution >= 4 is 11.7 Å². The Bertz CT molecular complexity index is 642. The van der Waals surface area contributed by atoms with Gasteiger partial charge in [-0.15, -0.1) is 16.6 Å². The minimum atomic E-state index is -0.457. The van der Waals surface area contributed by atoms with E-state index in [1.807, 2.05) is 31.1 Å². The van der Waals surface area contributed by atoms with Gasteiger partial charge in [-0.3, -0.25) is 4.57 Å². The molecule has 1 heterocycles. The van der Waals surface area contributed by atoms with Gasteiger partial charge in [0.2, 0.25) is 0 Å². The summed E-state index contributed by atoms with van der Waals surface area (Å²) in [4.78, 5) is 13.9. The second-order valence-corrected chi connectivity index (χ2v) is 4.25. The highest BCUT2D eigenvalue weighted by Gasteiger charge is 2.15. The molecule has 0 fully saturated rings. The van der Waals surface area contributed by atoms with E-state index in [1.165, 1.54) is 0 Å². The highest BCUT2D eigenvalue weighted by atomic mass is 16.5. The van der Waals surface area contributed by atoms with Gasteiger partial charge >= 0.3 is 5.97 Å². The molecule has 6 nitrogen and oxygen atoms in total. The summed E-state index contributed by atoms with van der Waals surface area (Å²) in [5, 5.41) is 7.48. The number of carbonyl (C=O) groups is 1. The first-order chi connectivity index (χ1) is 9.63. The van der Waals surface area contributed by atoms with E-state index in [1.54, 1.807) is 23.3 Å². The molecule has 0 bridgehead atoms. The van der Waals surface area contributed by atoms with Gasteiger partial charge < -0.3 is 9.64 Å². The summed E-state index contributed by atoms with van der Waals surface area (Å²) in [6, 6.07) is 5.43. The Balaban J connectivity index is 2.42. The van der Waals surface area contributed by atoms with E-state index in [4.69, 9.17) is 11.2 Å². The Hall–Kier alpha value is -2.81. The van der Waals surface area contributed by atoms with Crippen LogP contribution in [-0.2, 0) is 4.74 Å². The van der Waals surface area contributed by atoms with Crippen molar-refractivity contribution in [2.24, 2.45) is 0 Å². The van der Waals surface area contributed by atoms with Gasteiger partial charge in [-0.2, -0.15) is 0 Å². The molecular formula is C14H14N4O2. The van der Waals surface area contributed by atoms with Crippen LogP contribution in [0, 0.1) is 12.3 Å². The monoisotopic (exact) mass is 270 g/mol. The fraction of sp³-hybridized carbons (Fsp3) is 0.214. The minimum absolute atomic E-state index is 0.0530. The van der Waals surface area contributed by atoms with Gasteiger partial charge in [0.15, 0.2) is 6.61 Å². The second-order valence-electron chi connectivity index (χ2n) is 4.25. The predicted molar refractivity (Wildman–Crippen MR) is 74.8 cm³/mol. The van der Waals surface area contributed by atoms with Crippen LogP contribution in [0.3, 0.4) is 0 Å². The van der Waals surface area contributed by atoms with Crippen molar-refractivity contribution in [3.63, 3.8) is 0 Å². The summed E-state index contributed by atoms with van der Waals surface area (Å²) in [6.45, 7) is -0.0530. The molecule has 2 aromatic rings. The second kappa shape index (κ2) is 5.89. The third-order valence-electron chi connectivity index (χ3n) is 2.69. The Labute approximate surface area is 117 Å². The molecule has 0 amide bonds. The Kier molecular flexibility index (Phi) is 4.01. The van der Waals surface area contributed by atoms with Crippen LogP contribution >= 0.6 is 0 Å². The van der Waals surface area contributed by atoms with Crippen LogP contribution in [0.2, 0.25) is 0 Å². The van der Waals surface area contributed by atoms with Crippen molar-refractivity contribution in [3.8, 4) is 18.0 Å². The van der Waals surface area contributed by atoms with E-state index in [-0.39, 0.29) is 6.61 Å². The van der Waals surface area contributed by atoms with Crippen LogP contribution < -0.4 is 4.90 Å². The van der Waals surface area contributed by atoms with Crippen LogP contribution in [0.4, 0.5) is 5.69 Å². The lowest BCUT2D eigenvalue weighted by Gasteiger charge is -2.17. The van der Waals surface area contributed by atoms with E-state index in [0.717, 1.165) is 11.4 Å². The summed E-state index contributed by atoms with van der Waals surface area (Å²) >= 11 is 0. The summed E-state index contributed by atoms with van der Waals surface area (Å²) in [5.41, 5.74) is 1.97. The fourth-order valence-electron chi connectivity index (χ4n) is 1.76. The maximum absolute atomic E-state index is 12.1. The number of hydrogen-bond donors (Lipinski definition) is 0. The van der Waals surface area contributed by atoms with E-state index in [2.05, 4.69) is 16.1 Å². The Morgan fingerprint density at radius 2 is 2.10 bits per heavy atom. The highest BCUT2D eigenvalue weighted by molar-refractivity contribution is 5.96.